The largest absolute Gasteiger partial charge is 0.365 e. The zero-order valence-electron chi connectivity index (χ0n) is 16.8. The minimum Gasteiger partial charge on any atom is -0.365 e. The predicted molar refractivity (Wildman–Crippen MR) is 119 cm³/mol. The monoisotopic (exact) mass is 383 g/mol. The molecule has 0 aliphatic carbocycles. The van der Waals surface area contributed by atoms with E-state index < -0.39 is 0 Å². The lowest BCUT2D eigenvalue weighted by Gasteiger charge is -2.15. The fraction of sp³-hybridized carbons (Fsp3) is 0.208. The zero-order valence-corrected chi connectivity index (χ0v) is 16.8. The van der Waals surface area contributed by atoms with Crippen LogP contribution in [0.2, 0.25) is 0 Å². The molecule has 4 rings (SSSR count). The van der Waals surface area contributed by atoms with Crippen molar-refractivity contribution < 1.29 is 0 Å². The maximum absolute atomic E-state index is 4.80. The van der Waals surface area contributed by atoms with E-state index in [4.69, 9.17) is 9.97 Å². The number of para-hydroxylation sites is 1. The molecule has 1 N–H and O–H groups in total. The molecule has 0 radical (unpaired) electrons. The highest BCUT2D eigenvalue weighted by atomic mass is 15.1. The third-order valence-electron chi connectivity index (χ3n) is 4.97. The third-order valence-corrected chi connectivity index (χ3v) is 4.97. The van der Waals surface area contributed by atoms with Gasteiger partial charge in [-0.1, -0.05) is 43.3 Å². The molecule has 146 valence electrons. The molecule has 29 heavy (non-hydrogen) atoms. The van der Waals surface area contributed by atoms with Gasteiger partial charge in [-0.2, -0.15) is 0 Å². The molecule has 4 aromatic rings. The highest BCUT2D eigenvalue weighted by Crippen LogP contribution is 2.25. The van der Waals surface area contributed by atoms with E-state index in [0.717, 1.165) is 35.4 Å². The molecule has 2 heterocycles. The van der Waals surface area contributed by atoms with Crippen LogP contribution in [0.5, 0.6) is 0 Å². The molecule has 5 nitrogen and oxygen atoms in total. The Bertz CT molecular complexity index is 1090. The van der Waals surface area contributed by atoms with Crippen molar-refractivity contribution in [2.24, 2.45) is 0 Å². The van der Waals surface area contributed by atoms with Gasteiger partial charge in [-0.05, 0) is 49.0 Å². The summed E-state index contributed by atoms with van der Waals surface area (Å²) < 4.78 is 0. The fourth-order valence-corrected chi connectivity index (χ4v) is 3.28. The quantitative estimate of drug-likeness (QED) is 0.499. The number of aromatic nitrogens is 3. The van der Waals surface area contributed by atoms with E-state index in [1.165, 1.54) is 11.1 Å². The topological polar surface area (TPSA) is 53.9 Å². The first kappa shape index (κ1) is 19.0. The van der Waals surface area contributed by atoms with Crippen molar-refractivity contribution in [1.82, 2.24) is 19.9 Å². The first-order chi connectivity index (χ1) is 14.2. The fourth-order valence-electron chi connectivity index (χ4n) is 3.28. The molecule has 0 spiro atoms. The van der Waals surface area contributed by atoms with Gasteiger partial charge < -0.3 is 10.2 Å². The molecular weight excluding hydrogens is 358 g/mol. The van der Waals surface area contributed by atoms with Gasteiger partial charge in [0.15, 0.2) is 5.82 Å². The second kappa shape index (κ2) is 8.80. The number of nitrogens with zero attached hydrogens (tertiary/aromatic N) is 4. The number of hydrogen-bond donors (Lipinski definition) is 1. The number of hydrogen-bond acceptors (Lipinski definition) is 5. The molecule has 0 fully saturated rings. The molecule has 0 saturated carbocycles. The summed E-state index contributed by atoms with van der Waals surface area (Å²) >= 11 is 0. The summed E-state index contributed by atoms with van der Waals surface area (Å²) in [5.41, 5.74) is 4.38. The van der Waals surface area contributed by atoms with Crippen molar-refractivity contribution in [3.05, 3.63) is 84.2 Å². The van der Waals surface area contributed by atoms with E-state index in [1.807, 2.05) is 30.3 Å². The first-order valence-electron chi connectivity index (χ1n) is 9.90. The molecule has 0 bridgehead atoms. The highest BCUT2D eigenvalue weighted by Gasteiger charge is 2.09. The van der Waals surface area contributed by atoms with E-state index in [9.17, 15) is 0 Å². The maximum Gasteiger partial charge on any atom is 0.163 e. The van der Waals surface area contributed by atoms with Gasteiger partial charge >= 0.3 is 0 Å². The van der Waals surface area contributed by atoms with Crippen LogP contribution in [0.15, 0.2) is 73.1 Å². The van der Waals surface area contributed by atoms with Crippen LogP contribution in [-0.4, -0.2) is 33.4 Å². The number of pyridine rings is 1. The van der Waals surface area contributed by atoms with Crippen molar-refractivity contribution in [2.75, 3.05) is 18.9 Å². The lowest BCUT2D eigenvalue weighted by atomic mass is 10.1. The highest BCUT2D eigenvalue weighted by molar-refractivity contribution is 5.90. The Morgan fingerprint density at radius 1 is 0.931 bits per heavy atom. The Balaban J connectivity index is 1.62. The summed E-state index contributed by atoms with van der Waals surface area (Å²) in [5, 5.41) is 4.54. The summed E-state index contributed by atoms with van der Waals surface area (Å²) in [4.78, 5) is 16.0. The van der Waals surface area contributed by atoms with Gasteiger partial charge in [0.1, 0.15) is 5.82 Å². The average molecular weight is 383 g/mol. The van der Waals surface area contributed by atoms with E-state index in [1.54, 1.807) is 12.4 Å². The van der Waals surface area contributed by atoms with Crippen molar-refractivity contribution in [1.29, 1.82) is 0 Å². The normalized spacial score (nSPS) is 11.1. The Morgan fingerprint density at radius 2 is 1.79 bits per heavy atom. The van der Waals surface area contributed by atoms with Crippen LogP contribution in [0.3, 0.4) is 0 Å². The van der Waals surface area contributed by atoms with Gasteiger partial charge in [-0.25, -0.2) is 9.97 Å². The smallest absolute Gasteiger partial charge is 0.163 e. The van der Waals surface area contributed by atoms with Crippen LogP contribution in [-0.2, 0) is 13.1 Å². The van der Waals surface area contributed by atoms with Gasteiger partial charge in [0.05, 0.1) is 5.52 Å². The van der Waals surface area contributed by atoms with E-state index in [-0.39, 0.29) is 0 Å². The summed E-state index contributed by atoms with van der Waals surface area (Å²) in [6.07, 6.45) is 3.55. The minimum absolute atomic E-state index is 0.678. The maximum atomic E-state index is 4.80. The van der Waals surface area contributed by atoms with Gasteiger partial charge in [0.25, 0.3) is 0 Å². The zero-order chi connectivity index (χ0) is 20.1. The molecule has 0 atom stereocenters. The summed E-state index contributed by atoms with van der Waals surface area (Å²) in [6.45, 7) is 4.86. The van der Waals surface area contributed by atoms with E-state index >= 15 is 0 Å². The van der Waals surface area contributed by atoms with Crippen LogP contribution in [0.4, 0.5) is 5.82 Å². The predicted octanol–water partition coefficient (Wildman–Crippen LogP) is 4.76. The lowest BCUT2D eigenvalue weighted by molar-refractivity contribution is 0.345. The van der Waals surface area contributed by atoms with E-state index in [2.05, 4.69) is 59.5 Å². The summed E-state index contributed by atoms with van der Waals surface area (Å²) in [6, 6.07) is 20.7. The Kier molecular flexibility index (Phi) is 5.77. The van der Waals surface area contributed by atoms with Crippen molar-refractivity contribution >= 4 is 16.7 Å². The van der Waals surface area contributed by atoms with Crippen molar-refractivity contribution in [3.63, 3.8) is 0 Å². The Morgan fingerprint density at radius 3 is 2.62 bits per heavy atom. The van der Waals surface area contributed by atoms with Gasteiger partial charge in [-0.3, -0.25) is 4.98 Å². The van der Waals surface area contributed by atoms with Crippen molar-refractivity contribution in [3.8, 4) is 11.4 Å². The molecule has 2 aromatic carbocycles. The second-order valence-corrected chi connectivity index (χ2v) is 7.16. The molecular formula is C24H25N5. The van der Waals surface area contributed by atoms with Crippen LogP contribution in [0.1, 0.15) is 18.1 Å². The summed E-state index contributed by atoms with van der Waals surface area (Å²) in [7, 11) is 2.14. The van der Waals surface area contributed by atoms with Gasteiger partial charge in [-0.15, -0.1) is 0 Å². The number of rotatable bonds is 7. The molecule has 2 aromatic heterocycles. The average Bonchev–Trinajstić information content (AvgIpc) is 2.78. The first-order valence-corrected chi connectivity index (χ1v) is 9.90. The minimum atomic E-state index is 0.678. The molecule has 0 aliphatic rings. The van der Waals surface area contributed by atoms with Gasteiger partial charge in [0.2, 0.25) is 0 Å². The number of nitrogens with one attached hydrogen (secondary N) is 1. The van der Waals surface area contributed by atoms with Crippen LogP contribution in [0.25, 0.3) is 22.3 Å². The second-order valence-electron chi connectivity index (χ2n) is 7.16. The molecule has 0 unspecified atom stereocenters. The number of anilines is 1. The molecule has 0 amide bonds. The summed E-state index contributed by atoms with van der Waals surface area (Å²) in [5.74, 6) is 1.52. The third kappa shape index (κ3) is 4.58. The van der Waals surface area contributed by atoms with Crippen molar-refractivity contribution in [2.45, 2.75) is 20.0 Å². The molecule has 5 heteroatoms. The lowest BCUT2D eigenvalue weighted by Crippen LogP contribution is -2.16. The number of benzene rings is 2. The van der Waals surface area contributed by atoms with Crippen LogP contribution < -0.4 is 5.32 Å². The molecule has 0 saturated heterocycles. The standard InChI is InChI=1S/C24H25N5/c1-3-29(2)17-19-9-6-8-18(14-19)15-26-24-21-11-4-5-12-22(21)27-23(28-24)20-10-7-13-25-16-20/h4-14,16H,3,15,17H2,1-2H3,(H,26,27,28). The SMILES string of the molecule is CCN(C)Cc1cccc(CNc2nc(-c3cccnc3)nc3ccccc23)c1. The number of fused-ring (bicyclic) bond motifs is 1. The Hall–Kier alpha value is -3.31. The Labute approximate surface area is 171 Å². The van der Waals surface area contributed by atoms with Crippen LogP contribution >= 0.6 is 0 Å². The van der Waals surface area contributed by atoms with E-state index in [0.29, 0.717) is 12.4 Å². The molecule has 0 aliphatic heterocycles. The van der Waals surface area contributed by atoms with Gasteiger partial charge in [0, 0.05) is 36.4 Å². The van der Waals surface area contributed by atoms with Crippen LogP contribution in [0, 0.1) is 0 Å².